The van der Waals surface area contributed by atoms with Gasteiger partial charge in [0.05, 0.1) is 35.8 Å². The number of aromatic nitrogens is 3. The lowest BCUT2D eigenvalue weighted by Gasteiger charge is -2.41. The summed E-state index contributed by atoms with van der Waals surface area (Å²) in [6, 6.07) is 13.5. The molecule has 3 aliphatic rings. The summed E-state index contributed by atoms with van der Waals surface area (Å²) in [5, 5.41) is 5.77. The molecule has 3 aromatic rings. The lowest BCUT2D eigenvalue weighted by atomic mass is 9.72. The highest BCUT2D eigenvalue weighted by molar-refractivity contribution is 5.93. The Morgan fingerprint density at radius 1 is 0.841 bits per heavy atom. The largest absolute Gasteiger partial charge is 0.434 e. The van der Waals surface area contributed by atoms with E-state index in [4.69, 9.17) is 4.74 Å². The van der Waals surface area contributed by atoms with Gasteiger partial charge in [0.15, 0.2) is 5.69 Å². The molecule has 1 saturated heterocycles. The zero-order valence-electron chi connectivity index (χ0n) is 25.2. The molecule has 0 radical (unpaired) electrons. The van der Waals surface area contributed by atoms with Gasteiger partial charge in [-0.1, -0.05) is 56.0 Å². The first-order valence-electron chi connectivity index (χ1n) is 15.8. The number of halogens is 3. The molecule has 0 spiro atoms. The molecule has 1 amide bonds. The Labute approximate surface area is 257 Å². The minimum Gasteiger partial charge on any atom is -0.376 e. The molecule has 10 heteroatoms. The second-order valence-electron chi connectivity index (χ2n) is 12.1. The predicted molar refractivity (Wildman–Crippen MR) is 164 cm³/mol. The maximum atomic E-state index is 12.9. The van der Waals surface area contributed by atoms with Crippen molar-refractivity contribution in [2.24, 2.45) is 17.8 Å². The maximum absolute atomic E-state index is 12.9. The molecule has 3 heterocycles. The molecule has 1 aromatic carbocycles. The summed E-state index contributed by atoms with van der Waals surface area (Å²) in [6.07, 6.45) is 11.5. The molecular weight excluding hydrogens is 567 g/mol. The maximum Gasteiger partial charge on any atom is 0.434 e. The average molecular weight is 610 g/mol. The highest BCUT2D eigenvalue weighted by Gasteiger charge is 2.38. The monoisotopic (exact) mass is 609 g/mol. The van der Waals surface area contributed by atoms with Gasteiger partial charge in [-0.25, -0.2) is 4.98 Å². The second-order valence-corrected chi connectivity index (χ2v) is 12.1. The summed E-state index contributed by atoms with van der Waals surface area (Å²) in [5.41, 5.74) is 1.53. The standard InChI is InChI=1S/C21H30F3N3O.C13H12N2O/c22-21(23,24)18-12-25-13-19(27-18)26-17-6-3-11-28-20(17)16-9-7-15(8-10-16)14-4-1-2-5-14;1-14-13(16)11-7-8-12(15-9-11)10-5-3-2-4-6-10/h12-17,20H,1-11H2,(H,26,27);2-9H,1H3,(H,14,16). The zero-order valence-corrected chi connectivity index (χ0v) is 25.2. The summed E-state index contributed by atoms with van der Waals surface area (Å²) in [7, 11) is 1.60. The van der Waals surface area contributed by atoms with Crippen LogP contribution in [0.4, 0.5) is 19.0 Å². The van der Waals surface area contributed by atoms with Crippen molar-refractivity contribution in [1.82, 2.24) is 20.3 Å². The van der Waals surface area contributed by atoms with Gasteiger partial charge in [-0.3, -0.25) is 14.8 Å². The van der Waals surface area contributed by atoms with Crippen molar-refractivity contribution in [3.8, 4) is 11.3 Å². The summed E-state index contributed by atoms with van der Waals surface area (Å²) >= 11 is 0. The van der Waals surface area contributed by atoms with E-state index in [2.05, 4.69) is 25.6 Å². The Hall–Kier alpha value is -3.53. The van der Waals surface area contributed by atoms with Crippen LogP contribution in [0.15, 0.2) is 61.1 Å². The highest BCUT2D eigenvalue weighted by Crippen LogP contribution is 2.43. The summed E-state index contributed by atoms with van der Waals surface area (Å²) in [6.45, 7) is 0.736. The van der Waals surface area contributed by atoms with E-state index < -0.39 is 11.9 Å². The Bertz CT molecular complexity index is 1320. The SMILES string of the molecule is CNC(=O)c1ccc(-c2ccccc2)nc1.FC(F)(F)c1cncc(NC2CCCOC2C2CCC(C3CCCC3)CC2)n1. The summed E-state index contributed by atoms with van der Waals surface area (Å²) in [4.78, 5) is 23.0. The number of carbonyl (C=O) groups excluding carboxylic acids is 1. The number of hydrogen-bond acceptors (Lipinski definition) is 6. The van der Waals surface area contributed by atoms with Gasteiger partial charge in [0.1, 0.15) is 5.82 Å². The number of hydrogen-bond donors (Lipinski definition) is 2. The van der Waals surface area contributed by atoms with Crippen LogP contribution in [0.2, 0.25) is 0 Å². The van der Waals surface area contributed by atoms with Crippen LogP contribution in [-0.2, 0) is 10.9 Å². The summed E-state index contributed by atoms with van der Waals surface area (Å²) in [5.74, 6) is 2.34. The Morgan fingerprint density at radius 3 is 2.20 bits per heavy atom. The average Bonchev–Trinajstić information content (AvgIpc) is 3.61. The fourth-order valence-corrected chi connectivity index (χ4v) is 7.01. The second kappa shape index (κ2) is 15.0. The number of ether oxygens (including phenoxy) is 1. The third kappa shape index (κ3) is 8.34. The van der Waals surface area contributed by atoms with Crippen LogP contribution in [-0.4, -0.2) is 46.7 Å². The molecule has 236 valence electrons. The first-order chi connectivity index (χ1) is 21.3. The van der Waals surface area contributed by atoms with Crippen LogP contribution in [0.1, 0.15) is 80.3 Å². The van der Waals surface area contributed by atoms with Crippen molar-refractivity contribution >= 4 is 11.7 Å². The topological polar surface area (TPSA) is 89.0 Å². The number of rotatable bonds is 6. The number of nitrogens with one attached hydrogen (secondary N) is 2. The molecule has 2 aromatic heterocycles. The Balaban J connectivity index is 0.000000204. The molecular formula is C34H42F3N5O2. The van der Waals surface area contributed by atoms with Crippen molar-refractivity contribution in [2.45, 2.75) is 82.5 Å². The van der Waals surface area contributed by atoms with Crippen LogP contribution in [0.5, 0.6) is 0 Å². The molecule has 3 fully saturated rings. The number of benzene rings is 1. The van der Waals surface area contributed by atoms with Crippen molar-refractivity contribution < 1.29 is 22.7 Å². The van der Waals surface area contributed by atoms with Gasteiger partial charge in [0, 0.05) is 25.4 Å². The molecule has 1 aliphatic heterocycles. The van der Waals surface area contributed by atoms with Gasteiger partial charge in [-0.2, -0.15) is 13.2 Å². The smallest absolute Gasteiger partial charge is 0.376 e. The van der Waals surface area contributed by atoms with Crippen LogP contribution >= 0.6 is 0 Å². The van der Waals surface area contributed by atoms with Gasteiger partial charge in [0.25, 0.3) is 5.91 Å². The van der Waals surface area contributed by atoms with Crippen molar-refractivity contribution in [3.05, 3.63) is 72.3 Å². The zero-order chi connectivity index (χ0) is 30.9. The Morgan fingerprint density at radius 2 is 1.55 bits per heavy atom. The molecule has 2 saturated carbocycles. The lowest BCUT2D eigenvalue weighted by Crippen LogP contribution is -2.45. The van der Waals surface area contributed by atoms with Crippen LogP contribution in [0.25, 0.3) is 11.3 Å². The van der Waals surface area contributed by atoms with Crippen LogP contribution in [0.3, 0.4) is 0 Å². The fraction of sp³-hybridized carbons (Fsp3) is 0.529. The quantitative estimate of drug-likeness (QED) is 0.300. The number of anilines is 1. The highest BCUT2D eigenvalue weighted by atomic mass is 19.4. The lowest BCUT2D eigenvalue weighted by molar-refractivity contribution is -0.141. The number of alkyl halides is 3. The van der Waals surface area contributed by atoms with Gasteiger partial charge in [-0.15, -0.1) is 0 Å². The minimum absolute atomic E-state index is 0.000403. The molecule has 2 unspecified atom stereocenters. The third-order valence-electron chi connectivity index (χ3n) is 9.29. The van der Waals surface area contributed by atoms with Gasteiger partial charge in [0.2, 0.25) is 0 Å². The van der Waals surface area contributed by atoms with E-state index in [1.54, 1.807) is 19.3 Å². The van der Waals surface area contributed by atoms with Gasteiger partial charge in [-0.05, 0) is 68.4 Å². The van der Waals surface area contributed by atoms with Crippen LogP contribution < -0.4 is 10.6 Å². The number of nitrogens with zero attached hydrogens (tertiary/aromatic N) is 3. The molecule has 0 bridgehead atoms. The van der Waals surface area contributed by atoms with Gasteiger partial charge >= 0.3 is 6.18 Å². The minimum atomic E-state index is -4.48. The summed E-state index contributed by atoms with van der Waals surface area (Å²) < 4.78 is 44.9. The van der Waals surface area contributed by atoms with E-state index in [0.29, 0.717) is 11.5 Å². The van der Waals surface area contributed by atoms with Gasteiger partial charge < -0.3 is 15.4 Å². The first-order valence-corrected chi connectivity index (χ1v) is 15.8. The van der Waals surface area contributed by atoms with E-state index in [1.165, 1.54) is 44.7 Å². The van der Waals surface area contributed by atoms with E-state index >= 15 is 0 Å². The van der Waals surface area contributed by atoms with Crippen LogP contribution in [0, 0.1) is 17.8 Å². The van der Waals surface area contributed by atoms with E-state index in [9.17, 15) is 18.0 Å². The molecule has 2 N–H and O–H groups in total. The molecule has 44 heavy (non-hydrogen) atoms. The predicted octanol–water partition coefficient (Wildman–Crippen LogP) is 7.56. The number of amides is 1. The van der Waals surface area contributed by atoms with E-state index in [-0.39, 0.29) is 23.9 Å². The normalized spacial score (nSPS) is 24.2. The van der Waals surface area contributed by atoms with E-state index in [0.717, 1.165) is 61.6 Å². The molecule has 6 rings (SSSR count). The molecule has 7 nitrogen and oxygen atoms in total. The molecule has 2 atom stereocenters. The fourth-order valence-electron chi connectivity index (χ4n) is 7.01. The number of carbonyl (C=O) groups is 1. The number of pyridine rings is 1. The van der Waals surface area contributed by atoms with E-state index in [1.807, 2.05) is 36.4 Å². The van der Waals surface area contributed by atoms with Crippen molar-refractivity contribution in [2.75, 3.05) is 19.0 Å². The third-order valence-corrected chi connectivity index (χ3v) is 9.29. The first kappa shape index (κ1) is 31.9. The van der Waals surface area contributed by atoms with Crippen molar-refractivity contribution in [3.63, 3.8) is 0 Å². The molecule has 2 aliphatic carbocycles. The van der Waals surface area contributed by atoms with Crippen molar-refractivity contribution in [1.29, 1.82) is 0 Å². The Kier molecular flexibility index (Phi) is 10.8.